The zero-order valence-corrected chi connectivity index (χ0v) is 14.6. The number of benzene rings is 1. The molecule has 2 aromatic rings. The third kappa shape index (κ3) is 3.26. The molecule has 0 spiro atoms. The maximum Gasteiger partial charge on any atom is 0.243 e. The summed E-state index contributed by atoms with van der Waals surface area (Å²) in [5.74, 6) is 0.320. The SMILES string of the molecule is CC(C)(C)C1CCCCC1NS(=O)(=O)c1cccc2nonc12. The molecule has 23 heavy (non-hydrogen) atoms. The van der Waals surface area contributed by atoms with Crippen molar-refractivity contribution in [2.24, 2.45) is 11.3 Å². The third-order valence-electron chi connectivity index (χ3n) is 4.72. The molecule has 1 fully saturated rings. The lowest BCUT2D eigenvalue weighted by atomic mass is 9.70. The van der Waals surface area contributed by atoms with Crippen LogP contribution < -0.4 is 4.72 Å². The minimum Gasteiger partial charge on any atom is -0.243 e. The van der Waals surface area contributed by atoms with Crippen LogP contribution in [-0.4, -0.2) is 24.8 Å². The number of rotatable bonds is 3. The Bertz CT molecular complexity index is 792. The van der Waals surface area contributed by atoms with Crippen molar-refractivity contribution in [2.45, 2.75) is 57.4 Å². The van der Waals surface area contributed by atoms with E-state index in [0.29, 0.717) is 11.4 Å². The van der Waals surface area contributed by atoms with Gasteiger partial charge in [0.1, 0.15) is 10.4 Å². The summed E-state index contributed by atoms with van der Waals surface area (Å²) < 4.78 is 33.3. The molecule has 2 unspecified atom stereocenters. The first-order valence-corrected chi connectivity index (χ1v) is 9.51. The van der Waals surface area contributed by atoms with Gasteiger partial charge in [0.25, 0.3) is 0 Å². The van der Waals surface area contributed by atoms with Gasteiger partial charge in [0.05, 0.1) is 0 Å². The van der Waals surface area contributed by atoms with E-state index in [-0.39, 0.29) is 21.9 Å². The average Bonchev–Trinajstić information content (AvgIpc) is 2.94. The molecule has 1 aromatic carbocycles. The maximum absolute atomic E-state index is 12.9. The summed E-state index contributed by atoms with van der Waals surface area (Å²) in [5, 5.41) is 7.46. The van der Waals surface area contributed by atoms with Crippen LogP contribution in [-0.2, 0) is 10.0 Å². The quantitative estimate of drug-likeness (QED) is 0.930. The fraction of sp³-hybridized carbons (Fsp3) is 0.625. The molecule has 0 bridgehead atoms. The molecule has 7 heteroatoms. The summed E-state index contributed by atoms with van der Waals surface area (Å²) in [5.41, 5.74) is 0.793. The molecular formula is C16H23N3O3S. The van der Waals surface area contributed by atoms with E-state index in [1.807, 2.05) is 0 Å². The minimum atomic E-state index is -3.66. The number of hydrogen-bond donors (Lipinski definition) is 1. The maximum atomic E-state index is 12.9. The molecule has 2 atom stereocenters. The number of aromatic nitrogens is 2. The number of sulfonamides is 1. The van der Waals surface area contributed by atoms with E-state index in [0.717, 1.165) is 25.7 Å². The van der Waals surface area contributed by atoms with E-state index in [2.05, 4.69) is 40.4 Å². The van der Waals surface area contributed by atoms with Gasteiger partial charge in [-0.05, 0) is 46.6 Å². The van der Waals surface area contributed by atoms with Crippen LogP contribution in [0.1, 0.15) is 46.5 Å². The van der Waals surface area contributed by atoms with Crippen LogP contribution in [0, 0.1) is 11.3 Å². The molecule has 1 heterocycles. The van der Waals surface area contributed by atoms with Gasteiger partial charge in [-0.2, -0.15) is 0 Å². The summed E-state index contributed by atoms with van der Waals surface area (Å²) in [6.07, 6.45) is 4.12. The van der Waals surface area contributed by atoms with Crippen LogP contribution in [0.2, 0.25) is 0 Å². The fourth-order valence-electron chi connectivity index (χ4n) is 3.57. The number of nitrogens with zero attached hydrogens (tertiary/aromatic N) is 2. The third-order valence-corrected chi connectivity index (χ3v) is 6.24. The second kappa shape index (κ2) is 5.87. The summed E-state index contributed by atoms with van der Waals surface area (Å²) in [6, 6.07) is 4.83. The lowest BCUT2D eigenvalue weighted by Crippen LogP contribution is -2.46. The van der Waals surface area contributed by atoms with Crippen LogP contribution in [0.15, 0.2) is 27.7 Å². The van der Waals surface area contributed by atoms with Crippen molar-refractivity contribution in [3.8, 4) is 0 Å². The van der Waals surface area contributed by atoms with Gasteiger partial charge in [-0.1, -0.05) is 39.7 Å². The van der Waals surface area contributed by atoms with Crippen molar-refractivity contribution in [1.82, 2.24) is 15.0 Å². The second-order valence-corrected chi connectivity index (χ2v) is 9.06. The van der Waals surface area contributed by atoms with Crippen LogP contribution in [0.3, 0.4) is 0 Å². The van der Waals surface area contributed by atoms with E-state index in [4.69, 9.17) is 0 Å². The van der Waals surface area contributed by atoms with Gasteiger partial charge in [0.2, 0.25) is 10.0 Å². The number of fused-ring (bicyclic) bond motifs is 1. The molecule has 0 amide bonds. The molecule has 1 aliphatic carbocycles. The zero-order valence-electron chi connectivity index (χ0n) is 13.7. The largest absolute Gasteiger partial charge is 0.243 e. The van der Waals surface area contributed by atoms with Gasteiger partial charge in [-0.25, -0.2) is 17.8 Å². The molecule has 0 aliphatic heterocycles. The Balaban J connectivity index is 1.92. The molecule has 1 aromatic heterocycles. The Labute approximate surface area is 136 Å². The molecule has 1 aliphatic rings. The molecule has 0 saturated heterocycles. The van der Waals surface area contributed by atoms with Crippen LogP contribution in [0.4, 0.5) is 0 Å². The summed E-state index contributed by atoms with van der Waals surface area (Å²) >= 11 is 0. The van der Waals surface area contributed by atoms with Gasteiger partial charge < -0.3 is 0 Å². The van der Waals surface area contributed by atoms with Crippen molar-refractivity contribution in [3.05, 3.63) is 18.2 Å². The normalized spacial score (nSPS) is 23.3. The van der Waals surface area contributed by atoms with Crippen molar-refractivity contribution < 1.29 is 13.0 Å². The van der Waals surface area contributed by atoms with E-state index in [1.54, 1.807) is 18.2 Å². The van der Waals surface area contributed by atoms with E-state index >= 15 is 0 Å². The van der Waals surface area contributed by atoms with Gasteiger partial charge in [-0.3, -0.25) is 0 Å². The molecule has 3 rings (SSSR count). The molecule has 126 valence electrons. The summed E-state index contributed by atoms with van der Waals surface area (Å²) in [7, 11) is -3.66. The lowest BCUT2D eigenvalue weighted by molar-refractivity contribution is 0.144. The molecule has 6 nitrogen and oxygen atoms in total. The van der Waals surface area contributed by atoms with Crippen molar-refractivity contribution in [2.75, 3.05) is 0 Å². The fourth-order valence-corrected chi connectivity index (χ4v) is 5.03. The molecule has 0 radical (unpaired) electrons. The van der Waals surface area contributed by atoms with Crippen molar-refractivity contribution >= 4 is 21.1 Å². The van der Waals surface area contributed by atoms with Gasteiger partial charge in [0, 0.05) is 6.04 Å². The first-order chi connectivity index (χ1) is 10.8. The Morgan fingerprint density at radius 1 is 1.17 bits per heavy atom. The minimum absolute atomic E-state index is 0.0520. The topological polar surface area (TPSA) is 85.1 Å². The lowest BCUT2D eigenvalue weighted by Gasteiger charge is -2.40. The average molecular weight is 337 g/mol. The standard InChI is InChI=1S/C16H23N3O3S/c1-16(2,3)11-7-4-5-8-12(11)19-23(20,21)14-10-6-9-13-15(14)18-22-17-13/h6,9-12,19H,4-5,7-8H2,1-3H3. The van der Waals surface area contributed by atoms with E-state index in [1.165, 1.54) is 0 Å². The number of hydrogen-bond acceptors (Lipinski definition) is 5. The van der Waals surface area contributed by atoms with Crippen molar-refractivity contribution in [1.29, 1.82) is 0 Å². The Kier molecular flexibility index (Phi) is 4.18. The Morgan fingerprint density at radius 3 is 2.65 bits per heavy atom. The highest BCUT2D eigenvalue weighted by atomic mass is 32.2. The first kappa shape index (κ1) is 16.4. The van der Waals surface area contributed by atoms with E-state index in [9.17, 15) is 8.42 Å². The summed E-state index contributed by atoms with van der Waals surface area (Å²) in [6.45, 7) is 6.52. The second-order valence-electron chi connectivity index (χ2n) is 7.37. The highest BCUT2D eigenvalue weighted by Gasteiger charge is 2.37. The first-order valence-electron chi connectivity index (χ1n) is 8.03. The highest BCUT2D eigenvalue weighted by molar-refractivity contribution is 7.89. The predicted molar refractivity (Wildman–Crippen MR) is 87.3 cm³/mol. The molecule has 1 N–H and O–H groups in total. The van der Waals surface area contributed by atoms with Gasteiger partial charge in [0.15, 0.2) is 5.52 Å². The number of nitrogens with one attached hydrogen (secondary N) is 1. The Morgan fingerprint density at radius 2 is 1.91 bits per heavy atom. The highest BCUT2D eigenvalue weighted by Crippen LogP contribution is 2.38. The van der Waals surface area contributed by atoms with Gasteiger partial charge >= 0.3 is 0 Å². The Hall–Kier alpha value is -1.47. The van der Waals surface area contributed by atoms with Crippen LogP contribution in [0.25, 0.3) is 11.0 Å². The monoisotopic (exact) mass is 337 g/mol. The summed E-state index contributed by atoms with van der Waals surface area (Å²) in [4.78, 5) is 0.134. The molecule has 1 saturated carbocycles. The van der Waals surface area contributed by atoms with Gasteiger partial charge in [-0.15, -0.1) is 0 Å². The zero-order chi connectivity index (χ0) is 16.7. The van der Waals surface area contributed by atoms with Crippen LogP contribution in [0.5, 0.6) is 0 Å². The van der Waals surface area contributed by atoms with Crippen LogP contribution >= 0.6 is 0 Å². The smallest absolute Gasteiger partial charge is 0.243 e. The van der Waals surface area contributed by atoms with E-state index < -0.39 is 10.0 Å². The van der Waals surface area contributed by atoms with Crippen molar-refractivity contribution in [3.63, 3.8) is 0 Å². The predicted octanol–water partition coefficient (Wildman–Crippen LogP) is 3.11. The molecular weight excluding hydrogens is 314 g/mol.